The lowest BCUT2D eigenvalue weighted by molar-refractivity contribution is 0.548. The number of rotatable bonds is 6. The van der Waals surface area contributed by atoms with Crippen LogP contribution in [0.1, 0.15) is 46.2 Å². The molecule has 0 amide bonds. The van der Waals surface area contributed by atoms with Gasteiger partial charge in [0.1, 0.15) is 5.82 Å². The normalized spacial score (nSPS) is 13.1. The average molecular weight is 249 g/mol. The van der Waals surface area contributed by atoms with Crippen LogP contribution in [0.2, 0.25) is 0 Å². The van der Waals surface area contributed by atoms with Gasteiger partial charge < -0.3 is 10.6 Å². The Morgan fingerprint density at radius 3 is 1.94 bits per heavy atom. The highest BCUT2D eigenvalue weighted by Crippen LogP contribution is 2.17. The predicted octanol–water partition coefficient (Wildman–Crippen LogP) is 3.22. The van der Waals surface area contributed by atoms with E-state index in [4.69, 9.17) is 5.73 Å². The molecular formula is C15H27N3. The molecule has 0 bridgehead atoms. The highest BCUT2D eigenvalue weighted by atomic mass is 15.2. The lowest BCUT2D eigenvalue weighted by Gasteiger charge is -2.27. The molecule has 1 aromatic heterocycles. The maximum atomic E-state index is 5.85. The van der Waals surface area contributed by atoms with Gasteiger partial charge in [-0.1, -0.05) is 33.8 Å². The minimum absolute atomic E-state index is 0.0511. The van der Waals surface area contributed by atoms with Gasteiger partial charge in [0.25, 0.3) is 0 Å². The van der Waals surface area contributed by atoms with Crippen molar-refractivity contribution in [2.45, 2.75) is 40.7 Å². The van der Waals surface area contributed by atoms with Gasteiger partial charge in [-0.25, -0.2) is 4.98 Å². The van der Waals surface area contributed by atoms with Crippen molar-refractivity contribution in [3.05, 3.63) is 23.9 Å². The van der Waals surface area contributed by atoms with E-state index in [1.165, 1.54) is 0 Å². The van der Waals surface area contributed by atoms with Crippen molar-refractivity contribution >= 4 is 5.82 Å². The lowest BCUT2D eigenvalue weighted by Crippen LogP contribution is -2.32. The first-order chi connectivity index (χ1) is 8.40. The van der Waals surface area contributed by atoms with Crippen molar-refractivity contribution in [2.24, 2.45) is 17.6 Å². The van der Waals surface area contributed by atoms with Crippen LogP contribution in [-0.2, 0) is 0 Å². The van der Waals surface area contributed by atoms with Gasteiger partial charge in [-0.3, -0.25) is 0 Å². The van der Waals surface area contributed by atoms with Crippen LogP contribution in [-0.4, -0.2) is 18.1 Å². The average Bonchev–Trinajstić information content (AvgIpc) is 2.27. The molecule has 18 heavy (non-hydrogen) atoms. The van der Waals surface area contributed by atoms with Crippen LogP contribution in [0.25, 0.3) is 0 Å². The molecule has 0 aliphatic rings. The Labute approximate surface area is 111 Å². The van der Waals surface area contributed by atoms with E-state index in [0.717, 1.165) is 24.5 Å². The van der Waals surface area contributed by atoms with Crippen molar-refractivity contribution in [2.75, 3.05) is 18.0 Å². The first kappa shape index (κ1) is 15.0. The quantitative estimate of drug-likeness (QED) is 0.841. The van der Waals surface area contributed by atoms with Crippen molar-refractivity contribution in [3.63, 3.8) is 0 Å². The predicted molar refractivity (Wildman–Crippen MR) is 78.7 cm³/mol. The molecule has 0 aromatic carbocycles. The number of nitrogens with zero attached hydrogens (tertiary/aromatic N) is 2. The molecule has 0 fully saturated rings. The van der Waals surface area contributed by atoms with Gasteiger partial charge in [-0.05, 0) is 30.4 Å². The molecule has 1 rings (SSSR count). The maximum Gasteiger partial charge on any atom is 0.128 e. The van der Waals surface area contributed by atoms with Gasteiger partial charge in [-0.15, -0.1) is 0 Å². The zero-order valence-corrected chi connectivity index (χ0v) is 12.4. The Hall–Kier alpha value is -1.09. The summed E-state index contributed by atoms with van der Waals surface area (Å²) in [6.07, 6.45) is 1.90. The number of anilines is 1. The molecule has 0 aliphatic heterocycles. The summed E-state index contributed by atoms with van der Waals surface area (Å²) in [5, 5.41) is 0. The number of aromatic nitrogens is 1. The van der Waals surface area contributed by atoms with E-state index in [2.05, 4.69) is 49.7 Å². The smallest absolute Gasteiger partial charge is 0.128 e. The number of hydrogen-bond acceptors (Lipinski definition) is 3. The molecule has 2 N–H and O–H groups in total. The summed E-state index contributed by atoms with van der Waals surface area (Å²) in [6, 6.07) is 4.22. The number of hydrogen-bond donors (Lipinski definition) is 1. The summed E-state index contributed by atoms with van der Waals surface area (Å²) in [4.78, 5) is 6.91. The molecule has 0 aliphatic carbocycles. The topological polar surface area (TPSA) is 42.1 Å². The van der Waals surface area contributed by atoms with E-state index < -0.39 is 0 Å². The molecule has 102 valence electrons. The molecule has 0 unspecified atom stereocenters. The molecule has 3 heteroatoms. The fraction of sp³-hybridized carbons (Fsp3) is 0.667. The van der Waals surface area contributed by atoms with Crippen LogP contribution in [0, 0.1) is 11.8 Å². The van der Waals surface area contributed by atoms with Crippen LogP contribution < -0.4 is 10.6 Å². The van der Waals surface area contributed by atoms with Gasteiger partial charge in [0.15, 0.2) is 0 Å². The van der Waals surface area contributed by atoms with Crippen LogP contribution in [0.5, 0.6) is 0 Å². The van der Waals surface area contributed by atoms with Gasteiger partial charge in [0, 0.05) is 25.3 Å². The SMILES string of the molecule is CC(C)CN(CC(C)C)c1ccc([C@H](C)N)cn1. The monoisotopic (exact) mass is 249 g/mol. The molecule has 0 spiro atoms. The lowest BCUT2D eigenvalue weighted by atomic mass is 10.1. The second kappa shape index (κ2) is 6.74. The van der Waals surface area contributed by atoms with Crippen LogP contribution in [0.15, 0.2) is 18.3 Å². The molecule has 0 radical (unpaired) electrons. The minimum atomic E-state index is 0.0511. The molecule has 1 atom stereocenters. The standard InChI is InChI=1S/C15H27N3/c1-11(2)9-18(10-12(3)4)15-7-6-14(8-17-15)13(5)16/h6-8,11-13H,9-10,16H2,1-5H3/t13-/m0/s1. The van der Waals surface area contributed by atoms with Gasteiger partial charge in [-0.2, -0.15) is 0 Å². The number of nitrogens with two attached hydrogens (primary N) is 1. The number of pyridine rings is 1. The van der Waals surface area contributed by atoms with Crippen LogP contribution in [0.4, 0.5) is 5.82 Å². The molecular weight excluding hydrogens is 222 g/mol. The Kier molecular flexibility index (Phi) is 5.60. The molecule has 1 heterocycles. The van der Waals surface area contributed by atoms with Crippen LogP contribution >= 0.6 is 0 Å². The second-order valence-corrected chi connectivity index (χ2v) is 5.93. The third-order valence-electron chi connectivity index (χ3n) is 2.79. The van der Waals surface area contributed by atoms with Crippen molar-refractivity contribution in [3.8, 4) is 0 Å². The Balaban J connectivity index is 2.83. The second-order valence-electron chi connectivity index (χ2n) is 5.93. The molecule has 0 saturated carbocycles. The first-order valence-corrected chi connectivity index (χ1v) is 6.86. The van der Waals surface area contributed by atoms with Gasteiger partial charge in [0.2, 0.25) is 0 Å². The fourth-order valence-electron chi connectivity index (χ4n) is 2.00. The van der Waals surface area contributed by atoms with Crippen LogP contribution in [0.3, 0.4) is 0 Å². The Morgan fingerprint density at radius 2 is 1.61 bits per heavy atom. The maximum absolute atomic E-state index is 5.85. The summed E-state index contributed by atoms with van der Waals surface area (Å²) in [7, 11) is 0. The Morgan fingerprint density at radius 1 is 1.06 bits per heavy atom. The van der Waals surface area contributed by atoms with E-state index in [1.54, 1.807) is 0 Å². The third kappa shape index (κ3) is 4.65. The highest BCUT2D eigenvalue weighted by Gasteiger charge is 2.12. The fourth-order valence-corrected chi connectivity index (χ4v) is 2.00. The minimum Gasteiger partial charge on any atom is -0.356 e. The van der Waals surface area contributed by atoms with Crippen molar-refractivity contribution < 1.29 is 0 Å². The molecule has 1 aromatic rings. The first-order valence-electron chi connectivity index (χ1n) is 6.86. The van der Waals surface area contributed by atoms with E-state index in [0.29, 0.717) is 11.8 Å². The summed E-state index contributed by atoms with van der Waals surface area (Å²) in [5.41, 5.74) is 6.94. The zero-order valence-electron chi connectivity index (χ0n) is 12.4. The summed E-state index contributed by atoms with van der Waals surface area (Å²) in [5.74, 6) is 2.33. The van der Waals surface area contributed by atoms with Gasteiger partial charge in [0.05, 0.1) is 0 Å². The largest absolute Gasteiger partial charge is 0.356 e. The van der Waals surface area contributed by atoms with Crippen molar-refractivity contribution in [1.29, 1.82) is 0 Å². The van der Waals surface area contributed by atoms with E-state index in [9.17, 15) is 0 Å². The Bertz CT molecular complexity index is 331. The zero-order chi connectivity index (χ0) is 13.7. The van der Waals surface area contributed by atoms with Gasteiger partial charge >= 0.3 is 0 Å². The van der Waals surface area contributed by atoms with Crippen molar-refractivity contribution in [1.82, 2.24) is 4.98 Å². The van der Waals surface area contributed by atoms with E-state index in [-0.39, 0.29) is 6.04 Å². The van der Waals surface area contributed by atoms with E-state index >= 15 is 0 Å². The molecule has 0 saturated heterocycles. The summed E-state index contributed by atoms with van der Waals surface area (Å²) < 4.78 is 0. The third-order valence-corrected chi connectivity index (χ3v) is 2.79. The molecule has 3 nitrogen and oxygen atoms in total. The highest BCUT2D eigenvalue weighted by molar-refractivity contribution is 5.39. The summed E-state index contributed by atoms with van der Waals surface area (Å²) in [6.45, 7) is 13.0. The van der Waals surface area contributed by atoms with E-state index in [1.807, 2.05) is 13.1 Å². The summed E-state index contributed by atoms with van der Waals surface area (Å²) >= 11 is 0.